The van der Waals surface area contributed by atoms with E-state index in [1.807, 2.05) is 0 Å². The third kappa shape index (κ3) is 3.41. The molecule has 3 nitrogen and oxygen atoms in total. The first kappa shape index (κ1) is 24.4. The van der Waals surface area contributed by atoms with Crippen molar-refractivity contribution in [2.24, 2.45) is 0 Å². The van der Waals surface area contributed by atoms with Gasteiger partial charge >= 0.3 is 0 Å². The fourth-order valence-corrected chi connectivity index (χ4v) is 7.48. The van der Waals surface area contributed by atoms with Crippen LogP contribution in [0.25, 0.3) is 88.1 Å². The van der Waals surface area contributed by atoms with E-state index in [0.717, 1.165) is 33.3 Å². The summed E-state index contributed by atoms with van der Waals surface area (Å²) in [6.45, 7) is 0. The number of furan rings is 1. The minimum atomic E-state index is 0.890. The molecule has 7 aromatic carbocycles. The van der Waals surface area contributed by atoms with Crippen molar-refractivity contribution < 1.29 is 4.42 Å². The normalized spacial score (nSPS) is 12.0. The van der Waals surface area contributed by atoms with Gasteiger partial charge in [-0.25, -0.2) is 0 Å². The highest BCUT2D eigenvalue weighted by Gasteiger charge is 2.20. The molecule has 3 heteroatoms. The van der Waals surface area contributed by atoms with Gasteiger partial charge in [0.1, 0.15) is 11.2 Å². The van der Waals surface area contributed by atoms with Crippen LogP contribution in [0.2, 0.25) is 0 Å². The summed E-state index contributed by atoms with van der Waals surface area (Å²) in [5.74, 6) is 0. The molecule has 0 aliphatic rings. The SMILES string of the molecule is c1ccc(-n2c3ccccc3c3c(-c4cccc5oc6ccc(-n7c8ccccc8c8ccccc87)cc6c45)cccc32)cc1. The maximum atomic E-state index is 6.52. The van der Waals surface area contributed by atoms with Crippen LogP contribution < -0.4 is 0 Å². The maximum absolute atomic E-state index is 6.52. The Bertz CT molecular complexity index is 2710. The Morgan fingerprint density at radius 2 is 0.889 bits per heavy atom. The predicted octanol–water partition coefficient (Wildman–Crippen LogP) is 11.4. The molecule has 10 aromatic rings. The van der Waals surface area contributed by atoms with Crippen LogP contribution in [0, 0.1) is 0 Å². The molecule has 0 fully saturated rings. The molecule has 0 saturated carbocycles. The number of rotatable bonds is 3. The number of nitrogens with zero attached hydrogens (tertiary/aromatic N) is 2. The summed E-state index contributed by atoms with van der Waals surface area (Å²) in [5.41, 5.74) is 11.2. The van der Waals surface area contributed by atoms with E-state index in [1.54, 1.807) is 0 Å². The van der Waals surface area contributed by atoms with E-state index < -0.39 is 0 Å². The Hall–Kier alpha value is -6.06. The molecule has 210 valence electrons. The molecule has 0 radical (unpaired) electrons. The van der Waals surface area contributed by atoms with Crippen molar-refractivity contribution in [3.63, 3.8) is 0 Å². The molecule has 0 unspecified atom stereocenters. The third-order valence-electron chi connectivity index (χ3n) is 9.32. The lowest BCUT2D eigenvalue weighted by molar-refractivity contribution is 0.669. The lowest BCUT2D eigenvalue weighted by atomic mass is 9.95. The Balaban J connectivity index is 1.28. The van der Waals surface area contributed by atoms with Crippen molar-refractivity contribution in [1.82, 2.24) is 9.13 Å². The molecule has 3 aromatic heterocycles. The Labute approximate surface area is 258 Å². The topological polar surface area (TPSA) is 23.0 Å². The van der Waals surface area contributed by atoms with Crippen LogP contribution in [0.4, 0.5) is 0 Å². The standard InChI is InChI=1S/C42H26N2O/c1-2-12-27(13-3-1)43-37-21-9-6-16-33(37)41-31(17-10-22-38(41)43)32-18-11-23-40-42(32)34-26-28(24-25-39(34)45-40)44-35-19-7-4-14-29(35)30-15-5-8-20-36(30)44/h1-26H. The van der Waals surface area contributed by atoms with Gasteiger partial charge < -0.3 is 13.6 Å². The summed E-state index contributed by atoms with van der Waals surface area (Å²) in [6.07, 6.45) is 0. The highest BCUT2D eigenvalue weighted by molar-refractivity contribution is 6.21. The molecule has 0 atom stereocenters. The Kier molecular flexibility index (Phi) is 5.00. The Morgan fingerprint density at radius 3 is 1.62 bits per heavy atom. The van der Waals surface area contributed by atoms with Crippen molar-refractivity contribution in [2.45, 2.75) is 0 Å². The first-order valence-corrected chi connectivity index (χ1v) is 15.4. The summed E-state index contributed by atoms with van der Waals surface area (Å²) in [6, 6.07) is 56.4. The van der Waals surface area contributed by atoms with E-state index in [-0.39, 0.29) is 0 Å². The predicted molar refractivity (Wildman–Crippen MR) is 188 cm³/mol. The van der Waals surface area contributed by atoms with Gasteiger partial charge in [-0.05, 0) is 71.8 Å². The molecule has 10 rings (SSSR count). The van der Waals surface area contributed by atoms with Crippen LogP contribution in [0.3, 0.4) is 0 Å². The minimum Gasteiger partial charge on any atom is -0.456 e. The maximum Gasteiger partial charge on any atom is 0.136 e. The van der Waals surface area contributed by atoms with Crippen LogP contribution >= 0.6 is 0 Å². The van der Waals surface area contributed by atoms with E-state index in [4.69, 9.17) is 4.42 Å². The summed E-state index contributed by atoms with van der Waals surface area (Å²) in [5, 5.41) is 7.25. The van der Waals surface area contributed by atoms with E-state index in [9.17, 15) is 0 Å². The van der Waals surface area contributed by atoms with Crippen molar-refractivity contribution >= 4 is 65.6 Å². The smallest absolute Gasteiger partial charge is 0.136 e. The second-order valence-corrected chi connectivity index (χ2v) is 11.7. The fourth-order valence-electron chi connectivity index (χ4n) is 7.48. The van der Waals surface area contributed by atoms with Crippen LogP contribution in [-0.4, -0.2) is 9.13 Å². The van der Waals surface area contributed by atoms with Gasteiger partial charge in [-0.2, -0.15) is 0 Å². The molecule has 0 saturated heterocycles. The average molecular weight is 575 g/mol. The van der Waals surface area contributed by atoms with Crippen molar-refractivity contribution in [1.29, 1.82) is 0 Å². The zero-order chi connectivity index (χ0) is 29.5. The van der Waals surface area contributed by atoms with E-state index >= 15 is 0 Å². The third-order valence-corrected chi connectivity index (χ3v) is 9.32. The zero-order valence-corrected chi connectivity index (χ0v) is 24.3. The first-order chi connectivity index (χ1) is 22.3. The number of benzene rings is 7. The lowest BCUT2D eigenvalue weighted by Crippen LogP contribution is -1.93. The highest BCUT2D eigenvalue weighted by atomic mass is 16.3. The zero-order valence-electron chi connectivity index (χ0n) is 24.3. The van der Waals surface area contributed by atoms with Gasteiger partial charge in [0, 0.05) is 43.7 Å². The molecule has 0 amide bonds. The average Bonchev–Trinajstić information content (AvgIpc) is 3.76. The quantitative estimate of drug-likeness (QED) is 0.206. The van der Waals surface area contributed by atoms with Gasteiger partial charge in [0.2, 0.25) is 0 Å². The molecule has 45 heavy (non-hydrogen) atoms. The second-order valence-electron chi connectivity index (χ2n) is 11.7. The van der Waals surface area contributed by atoms with Crippen LogP contribution in [0.15, 0.2) is 162 Å². The van der Waals surface area contributed by atoms with Gasteiger partial charge in [0.25, 0.3) is 0 Å². The molecular weight excluding hydrogens is 548 g/mol. The van der Waals surface area contributed by atoms with Crippen molar-refractivity contribution in [3.8, 4) is 22.5 Å². The molecule has 3 heterocycles. The first-order valence-electron chi connectivity index (χ1n) is 15.4. The summed E-state index contributed by atoms with van der Waals surface area (Å²) < 4.78 is 11.3. The molecule has 0 bridgehead atoms. The monoisotopic (exact) mass is 574 g/mol. The lowest BCUT2D eigenvalue weighted by Gasteiger charge is -2.10. The number of para-hydroxylation sites is 4. The van der Waals surface area contributed by atoms with Gasteiger partial charge in [0.05, 0.1) is 22.1 Å². The Morgan fingerprint density at radius 1 is 0.333 bits per heavy atom. The molecule has 0 N–H and O–H groups in total. The van der Waals surface area contributed by atoms with Gasteiger partial charge in [0.15, 0.2) is 0 Å². The van der Waals surface area contributed by atoms with Crippen LogP contribution in [0.5, 0.6) is 0 Å². The molecule has 0 aliphatic heterocycles. The number of hydrogen-bond acceptors (Lipinski definition) is 1. The fraction of sp³-hybridized carbons (Fsp3) is 0. The van der Waals surface area contributed by atoms with Gasteiger partial charge in [-0.15, -0.1) is 0 Å². The van der Waals surface area contributed by atoms with Gasteiger partial charge in [-0.3, -0.25) is 0 Å². The number of aromatic nitrogens is 2. The summed E-state index contributed by atoms with van der Waals surface area (Å²) in [4.78, 5) is 0. The molecule has 0 aliphatic carbocycles. The number of fused-ring (bicyclic) bond motifs is 9. The van der Waals surface area contributed by atoms with Gasteiger partial charge in [-0.1, -0.05) is 97.1 Å². The minimum absolute atomic E-state index is 0.890. The van der Waals surface area contributed by atoms with E-state index in [1.165, 1.54) is 54.7 Å². The second kappa shape index (κ2) is 9.22. The van der Waals surface area contributed by atoms with E-state index in [0.29, 0.717) is 0 Å². The largest absolute Gasteiger partial charge is 0.456 e. The summed E-state index contributed by atoms with van der Waals surface area (Å²) in [7, 11) is 0. The highest BCUT2D eigenvalue weighted by Crippen LogP contribution is 2.44. The molecule has 0 spiro atoms. The molecular formula is C42H26N2O. The van der Waals surface area contributed by atoms with Crippen LogP contribution in [0.1, 0.15) is 0 Å². The summed E-state index contributed by atoms with van der Waals surface area (Å²) >= 11 is 0. The number of hydrogen-bond donors (Lipinski definition) is 0. The van der Waals surface area contributed by atoms with Crippen LogP contribution in [-0.2, 0) is 0 Å². The van der Waals surface area contributed by atoms with E-state index in [2.05, 4.69) is 167 Å². The van der Waals surface area contributed by atoms with Crippen molar-refractivity contribution in [2.75, 3.05) is 0 Å². The van der Waals surface area contributed by atoms with Crippen molar-refractivity contribution in [3.05, 3.63) is 158 Å².